The Morgan fingerprint density at radius 3 is 1.95 bits per heavy atom. The second-order valence-corrected chi connectivity index (χ2v) is 14.2. The van der Waals surface area contributed by atoms with Gasteiger partial charge in [0.05, 0.1) is 5.69 Å². The van der Waals surface area contributed by atoms with Gasteiger partial charge in [-0.3, -0.25) is 4.68 Å². The number of rotatable bonds is 8. The van der Waals surface area contributed by atoms with Crippen LogP contribution in [0.4, 0.5) is 0 Å². The largest absolute Gasteiger partial charge is 0.439 e. The van der Waals surface area contributed by atoms with Crippen LogP contribution in [0.3, 0.4) is 0 Å². The van der Waals surface area contributed by atoms with Crippen LogP contribution < -0.4 is 4.18 Å². The predicted octanol–water partition coefficient (Wildman–Crippen LogP) is 8.94. The first-order chi connectivity index (χ1) is 18.3. The molecule has 0 aliphatic heterocycles. The van der Waals surface area contributed by atoms with Crippen molar-refractivity contribution in [3.05, 3.63) is 120 Å². The molecule has 0 atom stereocenters. The quantitative estimate of drug-likeness (QED) is 0.203. The summed E-state index contributed by atoms with van der Waals surface area (Å²) in [7, 11) is 0.127. The van der Waals surface area contributed by atoms with Gasteiger partial charge in [0, 0.05) is 32.7 Å². The summed E-state index contributed by atoms with van der Waals surface area (Å²) in [5.41, 5.74) is 3.69. The minimum Gasteiger partial charge on any atom is -0.439 e. The Hall–Kier alpha value is -3.50. The maximum Gasteiger partial charge on any atom is 0.143 e. The molecule has 0 saturated heterocycles. The summed E-state index contributed by atoms with van der Waals surface area (Å²) in [6.07, 6.45) is 2.83. The number of fused-ring (bicyclic) bond motifs is 1. The van der Waals surface area contributed by atoms with Crippen LogP contribution in [0.1, 0.15) is 44.6 Å². The van der Waals surface area contributed by atoms with Gasteiger partial charge < -0.3 is 4.18 Å². The molecule has 0 radical (unpaired) electrons. The van der Waals surface area contributed by atoms with Gasteiger partial charge in [-0.25, -0.2) is 0 Å². The van der Waals surface area contributed by atoms with Crippen LogP contribution in [0, 0.1) is 0 Å². The van der Waals surface area contributed by atoms with Crippen LogP contribution in [0.25, 0.3) is 10.8 Å². The van der Waals surface area contributed by atoms with Crippen molar-refractivity contribution in [3.8, 4) is 5.75 Å². The SMILES string of the molecule is CCc1cc(CCc2cc(OS(c3ccccc3)(c3ccccc3)C(C)(C)C)c3ccccc3c2)n(C)n1. The Kier molecular flexibility index (Phi) is 7.36. The zero-order valence-electron chi connectivity index (χ0n) is 23.1. The van der Waals surface area contributed by atoms with Crippen LogP contribution in [0.2, 0.25) is 0 Å². The average Bonchev–Trinajstić information content (AvgIpc) is 3.30. The molecule has 0 amide bonds. The van der Waals surface area contributed by atoms with Crippen LogP contribution in [0.15, 0.2) is 113 Å². The molecule has 38 heavy (non-hydrogen) atoms. The molecule has 0 spiro atoms. The van der Waals surface area contributed by atoms with Gasteiger partial charge in [-0.15, -0.1) is 0 Å². The van der Waals surface area contributed by atoms with Gasteiger partial charge in [0.1, 0.15) is 5.75 Å². The van der Waals surface area contributed by atoms with E-state index in [1.54, 1.807) is 0 Å². The lowest BCUT2D eigenvalue weighted by Crippen LogP contribution is -2.30. The maximum absolute atomic E-state index is 7.46. The monoisotopic (exact) mass is 522 g/mol. The van der Waals surface area contributed by atoms with Crippen molar-refractivity contribution in [1.29, 1.82) is 0 Å². The standard InChI is InChI=1S/C34H38N2OS/c1-6-28-25-29(36(5)35-28)22-21-26-23-27-15-13-14-20-32(27)33(24-26)37-38(34(2,3)4,30-16-9-7-10-17-30)31-18-11-8-12-19-31/h7-20,23-25H,6,21-22H2,1-5H3. The normalized spacial score (nSPS) is 12.6. The first-order valence-corrected chi connectivity index (χ1v) is 15.0. The van der Waals surface area contributed by atoms with E-state index >= 15 is 0 Å². The summed E-state index contributed by atoms with van der Waals surface area (Å²) >= 11 is 0. The predicted molar refractivity (Wildman–Crippen MR) is 161 cm³/mol. The first-order valence-electron chi connectivity index (χ1n) is 13.5. The highest BCUT2D eigenvalue weighted by Crippen LogP contribution is 2.70. The Labute approximate surface area is 229 Å². The number of hydrogen-bond acceptors (Lipinski definition) is 2. The molecule has 5 rings (SSSR count). The van der Waals surface area contributed by atoms with Gasteiger partial charge in [0.2, 0.25) is 0 Å². The van der Waals surface area contributed by atoms with E-state index < -0.39 is 10.3 Å². The van der Waals surface area contributed by atoms with Crippen molar-refractivity contribution in [1.82, 2.24) is 9.78 Å². The Morgan fingerprint density at radius 1 is 0.763 bits per heavy atom. The Balaban J connectivity index is 1.64. The third-order valence-corrected chi connectivity index (χ3v) is 11.2. The van der Waals surface area contributed by atoms with Crippen LogP contribution in [0.5, 0.6) is 5.75 Å². The summed E-state index contributed by atoms with van der Waals surface area (Å²) in [6.45, 7) is 9.08. The summed E-state index contributed by atoms with van der Waals surface area (Å²) in [5, 5.41) is 7.01. The number of hydrogen-bond donors (Lipinski definition) is 0. The lowest BCUT2D eigenvalue weighted by atomic mass is 10.0. The minimum atomic E-state index is -1.92. The summed E-state index contributed by atoms with van der Waals surface area (Å²) < 4.78 is 9.33. The minimum absolute atomic E-state index is 0.155. The number of benzene rings is 4. The van der Waals surface area contributed by atoms with E-state index in [-0.39, 0.29) is 4.75 Å². The molecule has 0 unspecified atom stereocenters. The van der Waals surface area contributed by atoms with E-state index in [2.05, 4.69) is 136 Å². The van der Waals surface area contributed by atoms with Crippen molar-refractivity contribution in [3.63, 3.8) is 0 Å². The average molecular weight is 523 g/mol. The number of aromatic nitrogens is 2. The highest BCUT2D eigenvalue weighted by Gasteiger charge is 2.43. The van der Waals surface area contributed by atoms with E-state index in [0.717, 1.165) is 36.1 Å². The van der Waals surface area contributed by atoms with Gasteiger partial charge in [-0.1, -0.05) is 73.7 Å². The van der Waals surface area contributed by atoms with Crippen molar-refractivity contribution < 1.29 is 4.18 Å². The second-order valence-electron chi connectivity index (χ2n) is 10.8. The van der Waals surface area contributed by atoms with Crippen molar-refractivity contribution in [2.45, 2.75) is 61.5 Å². The van der Waals surface area contributed by atoms with Gasteiger partial charge in [-0.05, 0) is 97.7 Å². The fraction of sp³-hybridized carbons (Fsp3) is 0.265. The van der Waals surface area contributed by atoms with Gasteiger partial charge in [0.15, 0.2) is 0 Å². The van der Waals surface area contributed by atoms with E-state index in [9.17, 15) is 0 Å². The van der Waals surface area contributed by atoms with Crippen LogP contribution in [-0.4, -0.2) is 14.5 Å². The molecule has 0 saturated carbocycles. The third-order valence-electron chi connectivity index (χ3n) is 7.17. The lowest BCUT2D eigenvalue weighted by Gasteiger charge is -2.50. The number of nitrogens with zero attached hydrogens (tertiary/aromatic N) is 2. The molecular formula is C34H38N2OS. The molecule has 5 aromatic rings. The van der Waals surface area contributed by atoms with E-state index in [0.29, 0.717) is 0 Å². The molecule has 0 aliphatic carbocycles. The van der Waals surface area contributed by atoms with E-state index in [1.807, 2.05) is 11.7 Å². The van der Waals surface area contributed by atoms with Crippen molar-refractivity contribution in [2.75, 3.05) is 0 Å². The lowest BCUT2D eigenvalue weighted by molar-refractivity contribution is 0.578. The van der Waals surface area contributed by atoms with Crippen molar-refractivity contribution in [2.24, 2.45) is 7.05 Å². The van der Waals surface area contributed by atoms with Gasteiger partial charge in [0.25, 0.3) is 0 Å². The molecule has 0 bridgehead atoms. The molecule has 4 heteroatoms. The van der Waals surface area contributed by atoms with E-state index in [4.69, 9.17) is 4.18 Å². The topological polar surface area (TPSA) is 27.1 Å². The fourth-order valence-electron chi connectivity index (χ4n) is 5.22. The Bertz CT molecular complexity index is 1480. The van der Waals surface area contributed by atoms with E-state index in [1.165, 1.54) is 26.4 Å². The first kappa shape index (κ1) is 26.1. The van der Waals surface area contributed by atoms with Gasteiger partial charge in [-0.2, -0.15) is 5.10 Å². The number of aryl methyl sites for hydroxylation is 4. The fourth-order valence-corrected chi connectivity index (χ4v) is 8.84. The summed E-state index contributed by atoms with van der Waals surface area (Å²) in [4.78, 5) is 2.46. The van der Waals surface area contributed by atoms with Crippen LogP contribution in [-0.2, 0) is 26.3 Å². The maximum atomic E-state index is 7.46. The third kappa shape index (κ3) is 4.98. The summed E-state index contributed by atoms with van der Waals surface area (Å²) in [5.74, 6) is 0.954. The molecule has 0 N–H and O–H groups in total. The highest BCUT2D eigenvalue weighted by atomic mass is 32.3. The molecule has 3 nitrogen and oxygen atoms in total. The summed E-state index contributed by atoms with van der Waals surface area (Å²) in [6, 6.07) is 37.0. The molecule has 0 fully saturated rings. The van der Waals surface area contributed by atoms with Crippen molar-refractivity contribution >= 4 is 21.1 Å². The van der Waals surface area contributed by atoms with Gasteiger partial charge >= 0.3 is 0 Å². The molecule has 1 heterocycles. The smallest absolute Gasteiger partial charge is 0.143 e. The van der Waals surface area contributed by atoms with Crippen LogP contribution >= 0.6 is 10.3 Å². The Morgan fingerprint density at radius 2 is 1.37 bits per heavy atom. The molecule has 0 aliphatic rings. The molecular weight excluding hydrogens is 484 g/mol. The molecule has 1 aromatic heterocycles. The highest BCUT2D eigenvalue weighted by molar-refractivity contribution is 8.31. The second kappa shape index (κ2) is 10.7. The molecule has 196 valence electrons. The zero-order chi connectivity index (χ0) is 26.8. The zero-order valence-corrected chi connectivity index (χ0v) is 24.0. The molecule has 4 aromatic carbocycles.